The van der Waals surface area contributed by atoms with Crippen LogP contribution in [0.25, 0.3) is 0 Å². The van der Waals surface area contributed by atoms with Crippen molar-refractivity contribution < 1.29 is 4.74 Å². The molecule has 1 unspecified atom stereocenters. The van der Waals surface area contributed by atoms with E-state index in [9.17, 15) is 0 Å². The molecule has 0 saturated heterocycles. The standard InChI is InChI=1S/C14H16ClNOS/c1-3-9-6-7-18-14(9)13(16)10-4-5-11(15)12(8-10)17-2/h4-8,13H,3,16H2,1-2H3. The minimum atomic E-state index is -0.119. The fraction of sp³-hybridized carbons (Fsp3) is 0.286. The van der Waals surface area contributed by atoms with Crippen molar-refractivity contribution in [1.29, 1.82) is 0 Å². The van der Waals surface area contributed by atoms with Gasteiger partial charge in [0.1, 0.15) is 5.75 Å². The van der Waals surface area contributed by atoms with Gasteiger partial charge < -0.3 is 10.5 Å². The van der Waals surface area contributed by atoms with Gasteiger partial charge in [-0.25, -0.2) is 0 Å². The Morgan fingerprint density at radius 2 is 2.17 bits per heavy atom. The summed E-state index contributed by atoms with van der Waals surface area (Å²) in [6.45, 7) is 2.14. The summed E-state index contributed by atoms with van der Waals surface area (Å²) in [6.07, 6.45) is 0.997. The third kappa shape index (κ3) is 2.53. The van der Waals surface area contributed by atoms with Crippen LogP contribution in [-0.2, 0) is 6.42 Å². The van der Waals surface area contributed by atoms with E-state index in [1.54, 1.807) is 18.4 Å². The van der Waals surface area contributed by atoms with E-state index in [0.717, 1.165) is 12.0 Å². The van der Waals surface area contributed by atoms with E-state index in [-0.39, 0.29) is 6.04 Å². The van der Waals surface area contributed by atoms with Crippen LogP contribution in [0.1, 0.15) is 29.0 Å². The van der Waals surface area contributed by atoms with Crippen molar-refractivity contribution in [1.82, 2.24) is 0 Å². The van der Waals surface area contributed by atoms with Crippen LogP contribution < -0.4 is 10.5 Å². The van der Waals surface area contributed by atoms with Gasteiger partial charge in [-0.1, -0.05) is 24.6 Å². The Balaban J connectivity index is 2.37. The van der Waals surface area contributed by atoms with Crippen molar-refractivity contribution in [3.63, 3.8) is 0 Å². The maximum atomic E-state index is 6.32. The highest BCUT2D eigenvalue weighted by atomic mass is 35.5. The van der Waals surface area contributed by atoms with E-state index in [1.807, 2.05) is 18.2 Å². The van der Waals surface area contributed by atoms with Gasteiger partial charge in [0.2, 0.25) is 0 Å². The number of halogens is 1. The molecule has 4 heteroatoms. The van der Waals surface area contributed by atoms with Gasteiger partial charge in [-0.2, -0.15) is 0 Å². The molecule has 2 nitrogen and oxygen atoms in total. The van der Waals surface area contributed by atoms with Gasteiger partial charge >= 0.3 is 0 Å². The van der Waals surface area contributed by atoms with Crippen molar-refractivity contribution in [2.24, 2.45) is 5.73 Å². The molecule has 18 heavy (non-hydrogen) atoms. The molecule has 0 fully saturated rings. The Bertz CT molecular complexity index is 538. The number of thiophene rings is 1. The molecule has 0 bridgehead atoms. The molecule has 0 amide bonds. The maximum Gasteiger partial charge on any atom is 0.137 e. The number of ether oxygens (including phenoxy) is 1. The van der Waals surface area contributed by atoms with Crippen molar-refractivity contribution in [2.75, 3.05) is 7.11 Å². The van der Waals surface area contributed by atoms with Crippen molar-refractivity contribution in [3.05, 3.63) is 50.7 Å². The molecular weight excluding hydrogens is 266 g/mol. The van der Waals surface area contributed by atoms with Crippen LogP contribution in [0.3, 0.4) is 0 Å². The lowest BCUT2D eigenvalue weighted by Crippen LogP contribution is -2.12. The second-order valence-corrected chi connectivity index (χ2v) is 5.39. The lowest BCUT2D eigenvalue weighted by atomic mass is 10.0. The van der Waals surface area contributed by atoms with Crippen LogP contribution in [0.15, 0.2) is 29.6 Å². The molecule has 96 valence electrons. The Morgan fingerprint density at radius 3 is 2.83 bits per heavy atom. The minimum Gasteiger partial charge on any atom is -0.495 e. The average Bonchev–Trinajstić information content (AvgIpc) is 2.86. The van der Waals surface area contributed by atoms with Gasteiger partial charge in [0.05, 0.1) is 18.2 Å². The predicted molar refractivity (Wildman–Crippen MR) is 77.7 cm³/mol. The zero-order chi connectivity index (χ0) is 13.1. The number of nitrogens with two attached hydrogens (primary N) is 1. The quantitative estimate of drug-likeness (QED) is 0.919. The molecule has 2 N–H and O–H groups in total. The van der Waals surface area contributed by atoms with E-state index in [4.69, 9.17) is 22.1 Å². The summed E-state index contributed by atoms with van der Waals surface area (Å²) in [7, 11) is 1.61. The van der Waals surface area contributed by atoms with Crippen LogP contribution in [0.5, 0.6) is 5.75 Å². The fourth-order valence-corrected chi connectivity index (χ4v) is 3.15. The van der Waals surface area contributed by atoms with Gasteiger partial charge in [0.25, 0.3) is 0 Å². The largest absolute Gasteiger partial charge is 0.495 e. The van der Waals surface area contributed by atoms with E-state index in [1.165, 1.54) is 10.4 Å². The van der Waals surface area contributed by atoms with E-state index in [0.29, 0.717) is 10.8 Å². The van der Waals surface area contributed by atoms with Crippen molar-refractivity contribution in [2.45, 2.75) is 19.4 Å². The molecule has 0 saturated carbocycles. The van der Waals surface area contributed by atoms with Crippen LogP contribution >= 0.6 is 22.9 Å². The molecule has 0 aliphatic rings. The predicted octanol–water partition coefficient (Wildman–Crippen LogP) is 4.02. The van der Waals surface area contributed by atoms with Gasteiger partial charge in [-0.15, -0.1) is 11.3 Å². The molecule has 0 radical (unpaired) electrons. The molecule has 2 aromatic rings. The van der Waals surface area contributed by atoms with Crippen LogP contribution in [0, 0.1) is 0 Å². The van der Waals surface area contributed by atoms with Gasteiger partial charge in [0, 0.05) is 4.88 Å². The number of hydrogen-bond acceptors (Lipinski definition) is 3. The third-order valence-electron chi connectivity index (χ3n) is 2.98. The summed E-state index contributed by atoms with van der Waals surface area (Å²) < 4.78 is 5.23. The Hall–Kier alpha value is -1.03. The highest BCUT2D eigenvalue weighted by Gasteiger charge is 2.15. The molecule has 2 rings (SSSR count). The summed E-state index contributed by atoms with van der Waals surface area (Å²) >= 11 is 7.72. The van der Waals surface area contributed by atoms with Crippen LogP contribution in [0.2, 0.25) is 5.02 Å². The van der Waals surface area contributed by atoms with Crippen molar-refractivity contribution >= 4 is 22.9 Å². The number of benzene rings is 1. The zero-order valence-corrected chi connectivity index (χ0v) is 12.0. The second-order valence-electron chi connectivity index (χ2n) is 4.04. The van der Waals surface area contributed by atoms with Gasteiger partial charge in [-0.05, 0) is 41.1 Å². The lowest BCUT2D eigenvalue weighted by molar-refractivity contribution is 0.414. The first kappa shape index (κ1) is 13.4. The fourth-order valence-electron chi connectivity index (χ4n) is 1.93. The number of hydrogen-bond donors (Lipinski definition) is 1. The van der Waals surface area contributed by atoms with E-state index < -0.39 is 0 Å². The second kappa shape index (κ2) is 5.74. The number of rotatable bonds is 4. The molecular formula is C14H16ClNOS. The van der Waals surface area contributed by atoms with E-state index in [2.05, 4.69) is 18.4 Å². The molecule has 1 aromatic carbocycles. The minimum absolute atomic E-state index is 0.119. The Morgan fingerprint density at radius 1 is 1.39 bits per heavy atom. The first-order chi connectivity index (χ1) is 8.67. The van der Waals surface area contributed by atoms with Gasteiger partial charge in [0.15, 0.2) is 0 Å². The van der Waals surface area contributed by atoms with Gasteiger partial charge in [-0.3, -0.25) is 0 Å². The number of methoxy groups -OCH3 is 1. The summed E-state index contributed by atoms with van der Waals surface area (Å²) in [5.74, 6) is 0.666. The summed E-state index contributed by atoms with van der Waals surface area (Å²) in [6, 6.07) is 7.70. The summed E-state index contributed by atoms with van der Waals surface area (Å²) in [5.41, 5.74) is 8.65. The average molecular weight is 282 g/mol. The Labute approximate surface area is 116 Å². The Kier molecular flexibility index (Phi) is 4.27. The highest BCUT2D eigenvalue weighted by molar-refractivity contribution is 7.10. The molecule has 1 atom stereocenters. The maximum absolute atomic E-state index is 6.32. The first-order valence-corrected chi connectivity index (χ1v) is 7.08. The number of aryl methyl sites for hydroxylation is 1. The normalized spacial score (nSPS) is 12.4. The van der Waals surface area contributed by atoms with E-state index >= 15 is 0 Å². The van der Waals surface area contributed by atoms with Crippen molar-refractivity contribution in [3.8, 4) is 5.75 Å². The van der Waals surface area contributed by atoms with Crippen LogP contribution in [0.4, 0.5) is 0 Å². The first-order valence-electron chi connectivity index (χ1n) is 5.82. The molecule has 0 aliphatic carbocycles. The van der Waals surface area contributed by atoms with Crippen LogP contribution in [-0.4, -0.2) is 7.11 Å². The SMILES string of the molecule is CCc1ccsc1C(N)c1ccc(Cl)c(OC)c1. The summed E-state index contributed by atoms with van der Waals surface area (Å²) in [5, 5.41) is 2.69. The molecule has 1 heterocycles. The lowest BCUT2D eigenvalue weighted by Gasteiger charge is -2.14. The summed E-state index contributed by atoms with van der Waals surface area (Å²) in [4.78, 5) is 1.21. The third-order valence-corrected chi connectivity index (χ3v) is 4.33. The monoisotopic (exact) mass is 281 g/mol. The smallest absolute Gasteiger partial charge is 0.137 e. The zero-order valence-electron chi connectivity index (χ0n) is 10.4. The molecule has 0 spiro atoms. The highest BCUT2D eigenvalue weighted by Crippen LogP contribution is 2.32. The topological polar surface area (TPSA) is 35.2 Å². The molecule has 0 aliphatic heterocycles. The molecule has 1 aromatic heterocycles.